The van der Waals surface area contributed by atoms with Crippen LogP contribution in [0.3, 0.4) is 0 Å². The molecule has 1 unspecified atom stereocenters. The van der Waals surface area contributed by atoms with E-state index in [0.717, 1.165) is 6.08 Å². The number of hydrogen-bond acceptors (Lipinski definition) is 4. The summed E-state index contributed by atoms with van der Waals surface area (Å²) in [4.78, 5) is 23.8. The minimum Gasteiger partial charge on any atom is -0.449 e. The lowest BCUT2D eigenvalue weighted by Crippen LogP contribution is -2.29. The van der Waals surface area contributed by atoms with Crippen molar-refractivity contribution in [2.75, 3.05) is 5.32 Å². The summed E-state index contributed by atoms with van der Waals surface area (Å²) >= 11 is 5.84. The number of ether oxygens (including phenoxy) is 2. The van der Waals surface area contributed by atoms with Crippen molar-refractivity contribution in [3.05, 3.63) is 65.2 Å². The quantitative estimate of drug-likeness (QED) is 0.552. The molecule has 8 heteroatoms. The van der Waals surface area contributed by atoms with Gasteiger partial charge in [0.15, 0.2) is 6.10 Å². The maximum absolute atomic E-state index is 12.1. The van der Waals surface area contributed by atoms with E-state index in [1.807, 2.05) is 0 Å². The summed E-state index contributed by atoms with van der Waals surface area (Å²) in [6, 6.07) is 12.2. The van der Waals surface area contributed by atoms with Crippen molar-refractivity contribution in [1.82, 2.24) is 0 Å². The molecule has 0 bridgehead atoms. The highest BCUT2D eigenvalue weighted by Gasteiger charge is 2.16. The molecule has 0 aromatic heterocycles. The lowest BCUT2D eigenvalue weighted by molar-refractivity contribution is -0.148. The molecule has 2 aromatic rings. The van der Waals surface area contributed by atoms with Crippen LogP contribution < -0.4 is 10.1 Å². The average Bonchev–Trinajstić information content (AvgIpc) is 2.60. The van der Waals surface area contributed by atoms with Crippen molar-refractivity contribution in [2.24, 2.45) is 0 Å². The van der Waals surface area contributed by atoms with E-state index in [9.17, 15) is 18.4 Å². The molecule has 27 heavy (non-hydrogen) atoms. The topological polar surface area (TPSA) is 64.6 Å². The van der Waals surface area contributed by atoms with Crippen LogP contribution in [0.15, 0.2) is 54.6 Å². The number of hydrogen-bond donors (Lipinski definition) is 1. The van der Waals surface area contributed by atoms with E-state index in [1.54, 1.807) is 24.3 Å². The number of rotatable bonds is 7. The summed E-state index contributed by atoms with van der Waals surface area (Å²) in [5.41, 5.74) is 1.06. The number of carbonyl (C=O) groups excluding carboxylic acids is 2. The number of halogens is 3. The Morgan fingerprint density at radius 2 is 1.85 bits per heavy atom. The van der Waals surface area contributed by atoms with Gasteiger partial charge in [0.2, 0.25) is 0 Å². The van der Waals surface area contributed by atoms with Gasteiger partial charge < -0.3 is 14.8 Å². The molecule has 2 rings (SSSR count). The SMILES string of the molecule is CC(OC(=O)/C=C/c1ccc(OC(F)F)cc1)C(=O)Nc1cccc(Cl)c1. The van der Waals surface area contributed by atoms with E-state index in [0.29, 0.717) is 16.3 Å². The van der Waals surface area contributed by atoms with Crippen LogP contribution in [0, 0.1) is 0 Å². The van der Waals surface area contributed by atoms with Gasteiger partial charge in [0.25, 0.3) is 5.91 Å². The predicted molar refractivity (Wildman–Crippen MR) is 97.7 cm³/mol. The summed E-state index contributed by atoms with van der Waals surface area (Å²) in [5.74, 6) is -1.22. The van der Waals surface area contributed by atoms with Gasteiger partial charge in [-0.25, -0.2) is 4.79 Å². The third-order valence-electron chi connectivity index (χ3n) is 3.27. The van der Waals surface area contributed by atoms with Crippen LogP contribution in [-0.2, 0) is 14.3 Å². The second kappa shape index (κ2) is 9.68. The number of carbonyl (C=O) groups is 2. The monoisotopic (exact) mass is 395 g/mol. The first-order valence-electron chi connectivity index (χ1n) is 7.83. The number of anilines is 1. The van der Waals surface area contributed by atoms with Crippen molar-refractivity contribution < 1.29 is 27.8 Å². The van der Waals surface area contributed by atoms with Gasteiger partial charge in [-0.15, -0.1) is 0 Å². The van der Waals surface area contributed by atoms with Gasteiger partial charge in [0.1, 0.15) is 5.75 Å². The largest absolute Gasteiger partial charge is 0.449 e. The van der Waals surface area contributed by atoms with Crippen molar-refractivity contribution in [2.45, 2.75) is 19.6 Å². The van der Waals surface area contributed by atoms with Crippen molar-refractivity contribution in [3.63, 3.8) is 0 Å². The van der Waals surface area contributed by atoms with Crippen molar-refractivity contribution >= 4 is 35.2 Å². The second-order valence-corrected chi connectivity index (χ2v) is 5.80. The van der Waals surface area contributed by atoms with Gasteiger partial charge in [0.05, 0.1) is 0 Å². The normalized spacial score (nSPS) is 12.0. The van der Waals surface area contributed by atoms with Gasteiger partial charge in [-0.05, 0) is 48.9 Å². The molecule has 1 amide bonds. The molecule has 0 fully saturated rings. The number of esters is 1. The molecule has 0 aliphatic carbocycles. The molecule has 1 atom stereocenters. The Balaban J connectivity index is 1.86. The van der Waals surface area contributed by atoms with Crippen LogP contribution >= 0.6 is 11.6 Å². The van der Waals surface area contributed by atoms with Crippen LogP contribution in [0.25, 0.3) is 6.08 Å². The molecule has 0 heterocycles. The molecular weight excluding hydrogens is 380 g/mol. The van der Waals surface area contributed by atoms with E-state index in [2.05, 4.69) is 10.1 Å². The fourth-order valence-electron chi connectivity index (χ4n) is 2.00. The first-order chi connectivity index (χ1) is 12.8. The summed E-state index contributed by atoms with van der Waals surface area (Å²) in [5, 5.41) is 3.05. The van der Waals surface area contributed by atoms with Crippen LogP contribution in [0.2, 0.25) is 5.02 Å². The minimum absolute atomic E-state index is 0.0102. The Hall–Kier alpha value is -2.93. The summed E-state index contributed by atoms with van der Waals surface area (Å²) in [7, 11) is 0. The van der Waals surface area contributed by atoms with E-state index >= 15 is 0 Å². The van der Waals surface area contributed by atoms with Gasteiger partial charge in [-0.3, -0.25) is 4.79 Å². The molecular formula is C19H16ClF2NO4. The highest BCUT2D eigenvalue weighted by molar-refractivity contribution is 6.30. The number of nitrogens with one attached hydrogen (secondary N) is 1. The summed E-state index contributed by atoms with van der Waals surface area (Å²) in [6.07, 6.45) is 1.53. The Morgan fingerprint density at radius 1 is 1.15 bits per heavy atom. The van der Waals surface area contributed by atoms with Gasteiger partial charge in [-0.2, -0.15) is 8.78 Å². The third kappa shape index (κ3) is 7.07. The Kier molecular flexibility index (Phi) is 7.31. The zero-order valence-corrected chi connectivity index (χ0v) is 15.0. The van der Waals surface area contributed by atoms with E-state index in [-0.39, 0.29) is 5.75 Å². The van der Waals surface area contributed by atoms with E-state index < -0.39 is 24.6 Å². The lowest BCUT2D eigenvalue weighted by atomic mass is 10.2. The van der Waals surface area contributed by atoms with Crippen molar-refractivity contribution in [1.29, 1.82) is 0 Å². The molecule has 0 aliphatic rings. The molecule has 0 aliphatic heterocycles. The highest BCUT2D eigenvalue weighted by Crippen LogP contribution is 2.16. The minimum atomic E-state index is -2.90. The van der Waals surface area contributed by atoms with E-state index in [1.165, 1.54) is 37.3 Å². The molecule has 0 saturated carbocycles. The van der Waals surface area contributed by atoms with Crippen molar-refractivity contribution in [3.8, 4) is 5.75 Å². The number of alkyl halides is 2. The maximum Gasteiger partial charge on any atom is 0.387 e. The molecule has 0 spiro atoms. The smallest absolute Gasteiger partial charge is 0.387 e. The summed E-state index contributed by atoms with van der Waals surface area (Å²) < 4.78 is 33.4. The fourth-order valence-corrected chi connectivity index (χ4v) is 2.19. The first kappa shape index (κ1) is 20.4. The Bertz CT molecular complexity index is 825. The molecule has 142 valence electrons. The standard InChI is InChI=1S/C19H16ClF2NO4/c1-12(18(25)23-15-4-2-3-14(20)11-15)26-17(24)10-7-13-5-8-16(9-6-13)27-19(21)22/h2-12,19H,1H3,(H,23,25)/b10-7+. The molecule has 0 radical (unpaired) electrons. The van der Waals surface area contributed by atoms with E-state index in [4.69, 9.17) is 16.3 Å². The maximum atomic E-state index is 12.1. The zero-order chi connectivity index (χ0) is 19.8. The number of benzene rings is 2. The van der Waals surface area contributed by atoms with Crippen LogP contribution in [0.5, 0.6) is 5.75 Å². The highest BCUT2D eigenvalue weighted by atomic mass is 35.5. The van der Waals surface area contributed by atoms with Gasteiger partial charge in [0, 0.05) is 16.8 Å². The predicted octanol–water partition coefficient (Wildman–Crippen LogP) is 4.53. The van der Waals surface area contributed by atoms with Gasteiger partial charge >= 0.3 is 12.6 Å². The Morgan fingerprint density at radius 3 is 2.48 bits per heavy atom. The van der Waals surface area contributed by atoms with Crippen LogP contribution in [-0.4, -0.2) is 24.6 Å². The second-order valence-electron chi connectivity index (χ2n) is 5.36. The first-order valence-corrected chi connectivity index (χ1v) is 8.21. The summed E-state index contributed by atoms with van der Waals surface area (Å²) in [6.45, 7) is -1.47. The van der Waals surface area contributed by atoms with Gasteiger partial charge in [-0.1, -0.05) is 29.8 Å². The molecule has 0 saturated heterocycles. The van der Waals surface area contributed by atoms with Crippen LogP contribution in [0.1, 0.15) is 12.5 Å². The third-order valence-corrected chi connectivity index (χ3v) is 3.51. The zero-order valence-electron chi connectivity index (χ0n) is 14.2. The molecule has 5 nitrogen and oxygen atoms in total. The van der Waals surface area contributed by atoms with Crippen LogP contribution in [0.4, 0.5) is 14.5 Å². The number of amides is 1. The molecule has 1 N–H and O–H groups in total. The average molecular weight is 396 g/mol. The fraction of sp³-hybridized carbons (Fsp3) is 0.158. The lowest BCUT2D eigenvalue weighted by Gasteiger charge is -2.12. The Labute approximate surface area is 159 Å². The molecule has 2 aromatic carbocycles.